The molecule has 19 heavy (non-hydrogen) atoms. The molecular weight excluding hydrogens is 242 g/mol. The third kappa shape index (κ3) is 4.97. The summed E-state index contributed by atoms with van der Waals surface area (Å²) < 4.78 is 4.95. The number of methoxy groups -OCH3 is 1. The molecular formula is C13H19N5O. The summed E-state index contributed by atoms with van der Waals surface area (Å²) in [6.07, 6.45) is 3.53. The molecule has 0 fully saturated rings. The Hall–Kier alpha value is -2.08. The summed E-state index contributed by atoms with van der Waals surface area (Å²) >= 11 is 0. The average Bonchev–Trinajstić information content (AvgIpc) is 2.46. The van der Waals surface area contributed by atoms with Gasteiger partial charge in [-0.1, -0.05) is 6.08 Å². The van der Waals surface area contributed by atoms with Gasteiger partial charge in [-0.15, -0.1) is 5.10 Å². The molecule has 102 valence electrons. The maximum absolute atomic E-state index is 4.95. The standard InChI is InChI=1S/C13H19N5O/c1-5-8-15-13(14-3)10(2)16-9-11-6-7-12(19-4)18-17-11/h5-8,10,16H,3,9H2,1-2,4H3/b8-5-,15-13-/t10-/m1/s1. The van der Waals surface area contributed by atoms with Crippen molar-refractivity contribution < 1.29 is 4.74 Å². The second kappa shape index (κ2) is 8.10. The lowest BCUT2D eigenvalue weighted by Gasteiger charge is -2.12. The Kier molecular flexibility index (Phi) is 6.38. The number of rotatable bonds is 6. The summed E-state index contributed by atoms with van der Waals surface area (Å²) in [4.78, 5) is 8.08. The van der Waals surface area contributed by atoms with Gasteiger partial charge in [-0.25, -0.2) is 9.98 Å². The van der Waals surface area contributed by atoms with Gasteiger partial charge in [0.15, 0.2) is 0 Å². The van der Waals surface area contributed by atoms with Gasteiger partial charge in [-0.05, 0) is 26.6 Å². The van der Waals surface area contributed by atoms with Crippen LogP contribution in [0, 0.1) is 0 Å². The van der Waals surface area contributed by atoms with Gasteiger partial charge < -0.3 is 10.1 Å². The number of aliphatic imine (C=N–C) groups is 2. The zero-order chi connectivity index (χ0) is 14.1. The van der Waals surface area contributed by atoms with Crippen LogP contribution in [0.5, 0.6) is 5.88 Å². The van der Waals surface area contributed by atoms with Gasteiger partial charge in [0, 0.05) is 18.8 Å². The Bertz CT molecular complexity index is 453. The maximum Gasteiger partial charge on any atom is 0.233 e. The smallest absolute Gasteiger partial charge is 0.233 e. The third-order valence-electron chi connectivity index (χ3n) is 2.40. The number of hydrogen-bond acceptors (Lipinski definition) is 5. The molecule has 0 aliphatic rings. The van der Waals surface area contributed by atoms with E-state index in [1.165, 1.54) is 0 Å². The quantitative estimate of drug-likeness (QED) is 0.623. The normalized spacial score (nSPS) is 13.5. The van der Waals surface area contributed by atoms with E-state index in [2.05, 4.69) is 32.2 Å². The van der Waals surface area contributed by atoms with Gasteiger partial charge in [0.2, 0.25) is 5.88 Å². The van der Waals surface area contributed by atoms with Crippen LogP contribution in [-0.2, 0) is 6.54 Å². The third-order valence-corrected chi connectivity index (χ3v) is 2.40. The van der Waals surface area contributed by atoms with E-state index in [4.69, 9.17) is 4.74 Å². The lowest BCUT2D eigenvalue weighted by molar-refractivity contribution is 0.390. The summed E-state index contributed by atoms with van der Waals surface area (Å²) in [5, 5.41) is 11.2. The monoisotopic (exact) mass is 261 g/mol. The first-order chi connectivity index (χ1) is 9.21. The first kappa shape index (κ1) is 15.0. The molecule has 6 nitrogen and oxygen atoms in total. The van der Waals surface area contributed by atoms with Gasteiger partial charge in [-0.2, -0.15) is 5.10 Å². The highest BCUT2D eigenvalue weighted by atomic mass is 16.5. The fourth-order valence-corrected chi connectivity index (χ4v) is 1.34. The molecule has 0 aromatic carbocycles. The van der Waals surface area contributed by atoms with E-state index >= 15 is 0 Å². The Balaban J connectivity index is 2.56. The Morgan fingerprint density at radius 2 is 2.32 bits per heavy atom. The largest absolute Gasteiger partial charge is 0.480 e. The van der Waals surface area contributed by atoms with Gasteiger partial charge in [0.1, 0.15) is 5.84 Å². The first-order valence-electron chi connectivity index (χ1n) is 5.96. The van der Waals surface area contributed by atoms with E-state index in [1.807, 2.05) is 26.0 Å². The lowest BCUT2D eigenvalue weighted by atomic mass is 10.3. The van der Waals surface area contributed by atoms with Crippen molar-refractivity contribution in [2.45, 2.75) is 26.4 Å². The van der Waals surface area contributed by atoms with Crippen LogP contribution in [0.2, 0.25) is 0 Å². The van der Waals surface area contributed by atoms with Crippen molar-refractivity contribution in [3.05, 3.63) is 30.1 Å². The second-order valence-electron chi connectivity index (χ2n) is 3.80. The number of amidine groups is 1. The minimum Gasteiger partial charge on any atom is -0.480 e. The van der Waals surface area contributed by atoms with E-state index in [1.54, 1.807) is 19.4 Å². The highest BCUT2D eigenvalue weighted by Crippen LogP contribution is 2.03. The molecule has 0 saturated heterocycles. The zero-order valence-corrected chi connectivity index (χ0v) is 11.5. The molecule has 0 amide bonds. The van der Waals surface area contributed by atoms with Crippen molar-refractivity contribution in [1.29, 1.82) is 0 Å². The van der Waals surface area contributed by atoms with Crippen molar-refractivity contribution in [2.24, 2.45) is 9.98 Å². The van der Waals surface area contributed by atoms with Crippen LogP contribution in [0.25, 0.3) is 0 Å². The van der Waals surface area contributed by atoms with Gasteiger partial charge in [0.25, 0.3) is 0 Å². The van der Waals surface area contributed by atoms with Crippen molar-refractivity contribution in [1.82, 2.24) is 15.5 Å². The van der Waals surface area contributed by atoms with E-state index in [-0.39, 0.29) is 6.04 Å². The topological polar surface area (TPSA) is 71.8 Å². The highest BCUT2D eigenvalue weighted by molar-refractivity contribution is 5.91. The van der Waals surface area contributed by atoms with Crippen molar-refractivity contribution >= 4 is 12.6 Å². The van der Waals surface area contributed by atoms with E-state index < -0.39 is 0 Å². The minimum absolute atomic E-state index is 0.0161. The minimum atomic E-state index is -0.0161. The lowest BCUT2D eigenvalue weighted by Crippen LogP contribution is -2.32. The fourth-order valence-electron chi connectivity index (χ4n) is 1.34. The number of nitrogens with one attached hydrogen (secondary N) is 1. The van der Waals surface area contributed by atoms with E-state index in [0.717, 1.165) is 5.69 Å². The van der Waals surface area contributed by atoms with Crippen molar-refractivity contribution in [2.75, 3.05) is 7.11 Å². The molecule has 0 spiro atoms. The summed E-state index contributed by atoms with van der Waals surface area (Å²) in [5.74, 6) is 1.14. The van der Waals surface area contributed by atoms with Crippen LogP contribution < -0.4 is 10.1 Å². The van der Waals surface area contributed by atoms with Gasteiger partial charge in [-0.3, -0.25) is 0 Å². The van der Waals surface area contributed by atoms with Crippen LogP contribution in [0.3, 0.4) is 0 Å². The van der Waals surface area contributed by atoms with E-state index in [0.29, 0.717) is 18.3 Å². The highest BCUT2D eigenvalue weighted by Gasteiger charge is 2.08. The molecule has 1 aromatic rings. The molecule has 0 bridgehead atoms. The Morgan fingerprint density at radius 1 is 1.53 bits per heavy atom. The molecule has 0 aliphatic carbocycles. The summed E-state index contributed by atoms with van der Waals surface area (Å²) in [6.45, 7) is 7.95. The number of hydrogen-bond donors (Lipinski definition) is 1. The molecule has 0 saturated carbocycles. The van der Waals surface area contributed by atoms with Crippen molar-refractivity contribution in [3.8, 4) is 5.88 Å². The molecule has 1 aromatic heterocycles. The molecule has 1 rings (SSSR count). The Labute approximate surface area is 113 Å². The zero-order valence-electron chi connectivity index (χ0n) is 11.5. The van der Waals surface area contributed by atoms with Crippen LogP contribution in [0.15, 0.2) is 34.4 Å². The molecule has 0 unspecified atom stereocenters. The predicted octanol–water partition coefficient (Wildman–Crippen LogP) is 1.60. The van der Waals surface area contributed by atoms with Crippen LogP contribution in [0.1, 0.15) is 19.5 Å². The number of ether oxygens (including phenoxy) is 1. The van der Waals surface area contributed by atoms with Gasteiger partial charge >= 0.3 is 0 Å². The second-order valence-corrected chi connectivity index (χ2v) is 3.80. The Morgan fingerprint density at radius 3 is 2.84 bits per heavy atom. The number of aromatic nitrogens is 2. The van der Waals surface area contributed by atoms with Crippen molar-refractivity contribution in [3.63, 3.8) is 0 Å². The molecule has 6 heteroatoms. The predicted molar refractivity (Wildman–Crippen MR) is 76.7 cm³/mol. The van der Waals surface area contributed by atoms with E-state index in [9.17, 15) is 0 Å². The fraction of sp³-hybridized carbons (Fsp3) is 0.385. The SMILES string of the molecule is C=N/C(=N\C=C/C)[C@@H](C)NCc1ccc(OC)nn1. The number of nitrogens with zero attached hydrogens (tertiary/aromatic N) is 4. The van der Waals surface area contributed by atoms with Crippen LogP contribution >= 0.6 is 0 Å². The summed E-state index contributed by atoms with van der Waals surface area (Å²) in [5.41, 5.74) is 0.821. The summed E-state index contributed by atoms with van der Waals surface area (Å²) in [6, 6.07) is 3.61. The van der Waals surface area contributed by atoms with Gasteiger partial charge in [0.05, 0.1) is 18.8 Å². The van der Waals surface area contributed by atoms with Crippen LogP contribution in [-0.4, -0.2) is 35.9 Å². The molecule has 0 radical (unpaired) electrons. The summed E-state index contributed by atoms with van der Waals surface area (Å²) in [7, 11) is 1.56. The van der Waals surface area contributed by atoms with Crippen LogP contribution in [0.4, 0.5) is 0 Å². The molecule has 1 heterocycles. The molecule has 1 atom stereocenters. The maximum atomic E-state index is 4.95. The number of allylic oxidation sites excluding steroid dienone is 1. The average molecular weight is 261 g/mol. The molecule has 0 aliphatic heterocycles. The first-order valence-corrected chi connectivity index (χ1v) is 5.96. The molecule has 1 N–H and O–H groups in total.